The van der Waals surface area contributed by atoms with Crippen LogP contribution in [0.3, 0.4) is 0 Å². The summed E-state index contributed by atoms with van der Waals surface area (Å²) in [6.45, 7) is 21.4. The second-order valence-corrected chi connectivity index (χ2v) is 6.70. The highest BCUT2D eigenvalue weighted by Gasteiger charge is 1.93. The molecular weight excluding hydrogens is 492 g/mol. The first-order chi connectivity index (χ1) is 18.6. The van der Waals surface area contributed by atoms with Crippen molar-refractivity contribution in [3.8, 4) is 0 Å². The third kappa shape index (κ3) is 92.9. The van der Waals surface area contributed by atoms with Crippen molar-refractivity contribution in [2.75, 3.05) is 27.1 Å². The van der Waals surface area contributed by atoms with E-state index in [9.17, 15) is 0 Å². The number of hydrogen-bond acceptors (Lipinski definition) is 5. The molecule has 0 spiro atoms. The van der Waals surface area contributed by atoms with E-state index in [1.165, 1.54) is 44.1 Å². The molecule has 0 radical (unpaired) electrons. The molecule has 5 heteroatoms. The summed E-state index contributed by atoms with van der Waals surface area (Å²) in [5.74, 6) is 0. The van der Waals surface area contributed by atoms with Gasteiger partial charge in [-0.25, -0.2) is 0 Å². The zero-order valence-corrected chi connectivity index (χ0v) is 26.7. The molecule has 0 aliphatic heterocycles. The van der Waals surface area contributed by atoms with Crippen molar-refractivity contribution in [2.24, 2.45) is 0 Å². The summed E-state index contributed by atoms with van der Waals surface area (Å²) in [6, 6.07) is 0. The molecular formula is C33H62O4S. The number of unbranched alkanes of at least 4 members (excludes halogenated alkanes) is 4. The van der Waals surface area contributed by atoms with E-state index in [4.69, 9.17) is 19.7 Å². The van der Waals surface area contributed by atoms with Crippen molar-refractivity contribution >= 4 is 19.4 Å². The minimum atomic E-state index is 0.800. The van der Waals surface area contributed by atoms with Crippen LogP contribution >= 0.6 is 12.6 Å². The lowest BCUT2D eigenvalue weighted by Crippen LogP contribution is -1.85. The summed E-state index contributed by atoms with van der Waals surface area (Å²) < 4.78 is 5.02. The highest BCUT2D eigenvalue weighted by Crippen LogP contribution is 2.12. The average Bonchev–Trinajstić information content (AvgIpc) is 2.95. The Morgan fingerprint density at radius 3 is 1.76 bits per heavy atom. The summed E-state index contributed by atoms with van der Waals surface area (Å²) in [7, 11) is 2.74. The maximum absolute atomic E-state index is 8.17. The molecule has 4 nitrogen and oxygen atoms in total. The number of allylic oxidation sites excluding steroid dienone is 11. The molecule has 0 aromatic heterocycles. The van der Waals surface area contributed by atoms with E-state index in [0.717, 1.165) is 32.8 Å². The Bertz CT molecular complexity index is 527. The minimum Gasteiger partial charge on any atom is -0.516 e. The zero-order valence-electron chi connectivity index (χ0n) is 25.8. The second-order valence-electron chi connectivity index (χ2n) is 6.70. The highest BCUT2D eigenvalue weighted by atomic mass is 32.1. The third-order valence-corrected chi connectivity index (χ3v) is 3.51. The van der Waals surface area contributed by atoms with Crippen LogP contribution in [0.1, 0.15) is 79.1 Å². The van der Waals surface area contributed by atoms with Gasteiger partial charge in [0.25, 0.3) is 0 Å². The third-order valence-electron chi connectivity index (χ3n) is 3.51. The van der Waals surface area contributed by atoms with Gasteiger partial charge in [-0.1, -0.05) is 107 Å². The summed E-state index contributed by atoms with van der Waals surface area (Å²) in [4.78, 5) is 8.00. The fraction of sp³-hybridized carbons (Fsp3) is 0.485. The summed E-state index contributed by atoms with van der Waals surface area (Å²) >= 11 is 3.53. The fourth-order valence-corrected chi connectivity index (χ4v) is 2.12. The van der Waals surface area contributed by atoms with Gasteiger partial charge in [0.15, 0.2) is 0 Å². The molecule has 0 saturated heterocycles. The van der Waals surface area contributed by atoms with Crippen molar-refractivity contribution < 1.29 is 19.7 Å². The molecule has 224 valence electrons. The molecule has 0 heterocycles. The van der Waals surface area contributed by atoms with Gasteiger partial charge in [-0.2, -0.15) is 12.6 Å². The topological polar surface area (TPSA) is 66.8 Å². The maximum atomic E-state index is 8.17. The van der Waals surface area contributed by atoms with E-state index < -0.39 is 0 Å². The first-order valence-electron chi connectivity index (χ1n) is 13.0. The monoisotopic (exact) mass is 554 g/mol. The fourth-order valence-electron chi connectivity index (χ4n) is 2.12. The molecule has 0 aliphatic carbocycles. The van der Waals surface area contributed by atoms with Crippen LogP contribution in [0.4, 0.5) is 0 Å². The van der Waals surface area contributed by atoms with Gasteiger partial charge >= 0.3 is 0 Å². The Kier molecular flexibility index (Phi) is 105. The Morgan fingerprint density at radius 2 is 1.34 bits per heavy atom. The lowest BCUT2D eigenvalue weighted by molar-refractivity contribution is -0.0980. The van der Waals surface area contributed by atoms with Crippen LogP contribution in [0.2, 0.25) is 0 Å². The highest BCUT2D eigenvalue weighted by molar-refractivity contribution is 7.79. The van der Waals surface area contributed by atoms with Gasteiger partial charge in [0, 0.05) is 20.8 Å². The molecule has 0 rings (SSSR count). The van der Waals surface area contributed by atoms with Gasteiger partial charge in [-0.05, 0) is 57.4 Å². The van der Waals surface area contributed by atoms with E-state index in [0.29, 0.717) is 0 Å². The lowest BCUT2D eigenvalue weighted by atomic mass is 10.0. The molecule has 0 amide bonds. The normalized spacial score (nSPS) is 9.55. The predicted molar refractivity (Wildman–Crippen MR) is 180 cm³/mol. The van der Waals surface area contributed by atoms with Crippen molar-refractivity contribution in [1.82, 2.24) is 0 Å². The smallest absolute Gasteiger partial charge is 0.106 e. The molecule has 0 aromatic carbocycles. The van der Waals surface area contributed by atoms with Gasteiger partial charge in [-0.3, -0.25) is 0 Å². The second kappa shape index (κ2) is 76.5. The lowest BCUT2D eigenvalue weighted by Gasteiger charge is -2.02. The summed E-state index contributed by atoms with van der Waals surface area (Å²) in [5, 5.41) is 15.2. The number of carbonyl (C=O) groups excluding carboxylic acids is 1. The van der Waals surface area contributed by atoms with Crippen molar-refractivity contribution in [1.29, 1.82) is 0 Å². The van der Waals surface area contributed by atoms with Crippen molar-refractivity contribution in [2.45, 2.75) is 79.1 Å². The van der Waals surface area contributed by atoms with Gasteiger partial charge < -0.3 is 19.7 Å². The Hall–Kier alpha value is -2.34. The SMILES string of the molecule is C=C/C=C(\C=C/CCOC)CCCCCCC.C=CC.C=CC.C=O.CC/C=C/C=C/C=C/O.CO.CS. The van der Waals surface area contributed by atoms with Crippen LogP contribution in [0.15, 0.2) is 98.4 Å². The average molecular weight is 555 g/mol. The molecule has 0 fully saturated rings. The van der Waals surface area contributed by atoms with Crippen LogP contribution in [0.5, 0.6) is 0 Å². The minimum absolute atomic E-state index is 0.800. The first kappa shape index (κ1) is 52.2. The van der Waals surface area contributed by atoms with Crippen LogP contribution in [-0.2, 0) is 9.53 Å². The number of hydrogen-bond donors (Lipinski definition) is 3. The van der Waals surface area contributed by atoms with Crippen LogP contribution in [-0.4, -0.2) is 44.1 Å². The number of rotatable bonds is 14. The van der Waals surface area contributed by atoms with Gasteiger partial charge in [-0.15, -0.1) is 13.2 Å². The Labute approximate surface area is 243 Å². The predicted octanol–water partition coefficient (Wildman–Crippen LogP) is 9.99. The van der Waals surface area contributed by atoms with E-state index in [1.807, 2.05) is 44.9 Å². The zero-order chi connectivity index (χ0) is 31.1. The number of ether oxygens (including phenoxy) is 1. The number of methoxy groups -OCH3 is 1. The molecule has 0 aliphatic rings. The summed E-state index contributed by atoms with van der Waals surface area (Å²) in [6.07, 6.45) is 33.7. The largest absolute Gasteiger partial charge is 0.516 e. The number of thiol groups is 1. The van der Waals surface area contributed by atoms with E-state index in [-0.39, 0.29) is 0 Å². The number of aliphatic hydroxyl groups is 2. The molecule has 0 unspecified atom stereocenters. The summed E-state index contributed by atoms with van der Waals surface area (Å²) in [5.41, 5.74) is 1.38. The number of carbonyl (C=O) groups is 1. The molecule has 0 saturated carbocycles. The van der Waals surface area contributed by atoms with E-state index in [1.54, 1.807) is 37.7 Å². The molecule has 0 aromatic rings. The molecule has 0 bridgehead atoms. The molecule has 2 N–H and O–H groups in total. The van der Waals surface area contributed by atoms with Crippen molar-refractivity contribution in [3.63, 3.8) is 0 Å². The van der Waals surface area contributed by atoms with Crippen LogP contribution < -0.4 is 0 Å². The molecule has 38 heavy (non-hydrogen) atoms. The van der Waals surface area contributed by atoms with Crippen LogP contribution in [0, 0.1) is 0 Å². The first-order valence-corrected chi connectivity index (χ1v) is 13.9. The number of aliphatic hydroxyl groups excluding tert-OH is 2. The molecule has 0 atom stereocenters. The van der Waals surface area contributed by atoms with Crippen molar-refractivity contribution in [3.05, 3.63) is 98.4 Å². The Morgan fingerprint density at radius 1 is 0.842 bits per heavy atom. The van der Waals surface area contributed by atoms with E-state index in [2.05, 4.69) is 64.4 Å². The van der Waals surface area contributed by atoms with Gasteiger partial charge in [0.05, 0.1) is 6.26 Å². The van der Waals surface area contributed by atoms with E-state index >= 15 is 0 Å². The quantitative estimate of drug-likeness (QED) is 0.0657. The van der Waals surface area contributed by atoms with Crippen LogP contribution in [0.25, 0.3) is 0 Å². The maximum Gasteiger partial charge on any atom is 0.106 e. The standard InChI is InChI=1S/C16H28O.C8H12O.2C3H6.CH4O.CH2O.CH4S/c1-4-6-7-8-9-13-16(12-5-2)14-10-11-15-17-3;1-2-3-4-5-6-7-8-9;2*1-3-2;3*1-2/h5,10,12,14H,2,4,6-9,11,13,15H2,1,3H3;3-9H,2H2,1H3;2*3H,1H2,2H3;2H,1H3;1H2;2H,1H3/b14-10-,16-12-;4-3+,6-5+,8-7+;;;;;. The Balaban J connectivity index is -0.0000000766. The van der Waals surface area contributed by atoms with Gasteiger partial charge in [0.1, 0.15) is 6.79 Å². The van der Waals surface area contributed by atoms with Gasteiger partial charge in [0.2, 0.25) is 0 Å².